The van der Waals surface area contributed by atoms with Crippen molar-refractivity contribution in [3.05, 3.63) is 0 Å². The molecular weight excluding hydrogens is 232 g/mol. The largest absolute Gasteiger partial charge is 0.480 e. The van der Waals surface area contributed by atoms with Gasteiger partial charge in [0.05, 0.1) is 13.1 Å². The predicted octanol–water partition coefficient (Wildman–Crippen LogP) is 1.04. The smallest absolute Gasteiger partial charge is 0.317 e. The van der Waals surface area contributed by atoms with E-state index >= 15 is 0 Å². The number of likely N-dealkylation sites (tertiary alicyclic amines) is 1. The molecule has 1 fully saturated rings. The molecule has 0 saturated carbocycles. The Morgan fingerprint density at radius 2 is 2.11 bits per heavy atom. The molecule has 0 spiro atoms. The minimum absolute atomic E-state index is 0.0526. The lowest BCUT2D eigenvalue weighted by atomic mass is 10.0. The third-order valence-corrected chi connectivity index (χ3v) is 3.27. The lowest BCUT2D eigenvalue weighted by molar-refractivity contribution is -0.140. The van der Waals surface area contributed by atoms with Crippen LogP contribution in [0.25, 0.3) is 0 Å². The summed E-state index contributed by atoms with van der Waals surface area (Å²) >= 11 is 0. The molecule has 0 aromatic carbocycles. The molecule has 5 nitrogen and oxygen atoms in total. The monoisotopic (exact) mass is 256 g/mol. The summed E-state index contributed by atoms with van der Waals surface area (Å²) in [4.78, 5) is 26.4. The van der Waals surface area contributed by atoms with E-state index < -0.39 is 5.97 Å². The summed E-state index contributed by atoms with van der Waals surface area (Å²) < 4.78 is 0. The molecule has 0 aromatic heterocycles. The van der Waals surface area contributed by atoms with Gasteiger partial charge in [-0.1, -0.05) is 13.8 Å². The fourth-order valence-electron chi connectivity index (χ4n) is 2.43. The number of carbonyl (C=O) groups is 2. The molecule has 1 atom stereocenters. The normalized spacial score (nSPS) is 20.2. The molecule has 0 radical (unpaired) electrons. The molecule has 0 aliphatic carbocycles. The Labute approximate surface area is 109 Å². The first-order valence-electron chi connectivity index (χ1n) is 6.74. The van der Waals surface area contributed by atoms with E-state index in [0.717, 1.165) is 25.9 Å². The van der Waals surface area contributed by atoms with Crippen LogP contribution >= 0.6 is 0 Å². The molecule has 1 aliphatic heterocycles. The Kier molecular flexibility index (Phi) is 6.12. The average Bonchev–Trinajstić information content (AvgIpc) is 2.28. The fourth-order valence-corrected chi connectivity index (χ4v) is 2.43. The molecule has 1 N–H and O–H groups in total. The summed E-state index contributed by atoms with van der Waals surface area (Å²) in [5.41, 5.74) is 0. The maximum absolute atomic E-state index is 12.1. The Morgan fingerprint density at radius 1 is 1.39 bits per heavy atom. The molecule has 1 unspecified atom stereocenters. The molecule has 1 amide bonds. The zero-order chi connectivity index (χ0) is 13.5. The first-order valence-corrected chi connectivity index (χ1v) is 6.74. The van der Waals surface area contributed by atoms with Gasteiger partial charge in [-0.3, -0.25) is 14.5 Å². The van der Waals surface area contributed by atoms with Gasteiger partial charge < -0.3 is 10.0 Å². The molecular formula is C13H24N2O3. The Balaban J connectivity index is 2.46. The lowest BCUT2D eigenvalue weighted by Crippen LogP contribution is -2.45. The summed E-state index contributed by atoms with van der Waals surface area (Å²) in [5.74, 6) is -0.249. The highest BCUT2D eigenvalue weighted by atomic mass is 16.4. The number of rotatable bonds is 6. The highest BCUT2D eigenvalue weighted by molar-refractivity contribution is 5.79. The number of carboxylic acid groups (broad SMARTS) is 1. The molecule has 0 bridgehead atoms. The van der Waals surface area contributed by atoms with E-state index in [1.54, 1.807) is 4.90 Å². The summed E-state index contributed by atoms with van der Waals surface area (Å²) in [5, 5.41) is 8.81. The van der Waals surface area contributed by atoms with Crippen molar-refractivity contribution < 1.29 is 14.7 Å². The van der Waals surface area contributed by atoms with Crippen LogP contribution in [0.15, 0.2) is 0 Å². The number of carboxylic acids is 1. The topological polar surface area (TPSA) is 60.9 Å². The van der Waals surface area contributed by atoms with Crippen LogP contribution in [0, 0.1) is 5.92 Å². The van der Waals surface area contributed by atoms with Crippen molar-refractivity contribution in [2.75, 3.05) is 32.7 Å². The van der Waals surface area contributed by atoms with Gasteiger partial charge in [-0.2, -0.15) is 0 Å². The van der Waals surface area contributed by atoms with E-state index in [-0.39, 0.29) is 19.0 Å². The third kappa shape index (κ3) is 5.04. The summed E-state index contributed by atoms with van der Waals surface area (Å²) in [6.07, 6.45) is 3.09. The van der Waals surface area contributed by atoms with Crippen LogP contribution in [0.5, 0.6) is 0 Å². The molecule has 18 heavy (non-hydrogen) atoms. The molecule has 0 aromatic rings. The van der Waals surface area contributed by atoms with Gasteiger partial charge in [-0.25, -0.2) is 0 Å². The van der Waals surface area contributed by atoms with Gasteiger partial charge in [-0.15, -0.1) is 0 Å². The van der Waals surface area contributed by atoms with Crippen molar-refractivity contribution in [3.8, 4) is 0 Å². The Bertz CT molecular complexity index is 294. The second kappa shape index (κ2) is 7.36. The quantitative estimate of drug-likeness (QED) is 0.771. The third-order valence-electron chi connectivity index (χ3n) is 3.27. The second-order valence-electron chi connectivity index (χ2n) is 5.19. The number of carbonyl (C=O) groups excluding carboxylic acids is 1. The SMILES string of the molecule is CCCN(CC(=O)O)CC(=O)N1CCCC(C)C1. The molecule has 1 saturated heterocycles. The van der Waals surface area contributed by atoms with Gasteiger partial charge in [0.1, 0.15) is 0 Å². The van der Waals surface area contributed by atoms with E-state index in [1.807, 2.05) is 11.8 Å². The highest BCUT2D eigenvalue weighted by Gasteiger charge is 2.23. The van der Waals surface area contributed by atoms with Crippen molar-refractivity contribution >= 4 is 11.9 Å². The second-order valence-corrected chi connectivity index (χ2v) is 5.19. The number of nitrogens with zero attached hydrogens (tertiary/aromatic N) is 2. The van der Waals surface area contributed by atoms with Crippen LogP contribution in [-0.4, -0.2) is 59.5 Å². The molecule has 1 heterocycles. The maximum atomic E-state index is 12.1. The Morgan fingerprint density at radius 3 is 2.67 bits per heavy atom. The highest BCUT2D eigenvalue weighted by Crippen LogP contribution is 2.15. The molecule has 1 rings (SSSR count). The average molecular weight is 256 g/mol. The van der Waals surface area contributed by atoms with Crippen LogP contribution < -0.4 is 0 Å². The number of hydrogen-bond acceptors (Lipinski definition) is 3. The first-order chi connectivity index (χ1) is 8.52. The van der Waals surface area contributed by atoms with E-state index in [1.165, 1.54) is 6.42 Å². The van der Waals surface area contributed by atoms with Gasteiger partial charge in [0.25, 0.3) is 0 Å². The number of piperidine rings is 1. The van der Waals surface area contributed by atoms with Crippen LogP contribution in [0.3, 0.4) is 0 Å². The van der Waals surface area contributed by atoms with Gasteiger partial charge in [0, 0.05) is 13.1 Å². The van der Waals surface area contributed by atoms with Gasteiger partial charge in [0.2, 0.25) is 5.91 Å². The lowest BCUT2D eigenvalue weighted by Gasteiger charge is -2.32. The van der Waals surface area contributed by atoms with Gasteiger partial charge in [-0.05, 0) is 31.7 Å². The summed E-state index contributed by atoms with van der Waals surface area (Å²) in [7, 11) is 0. The van der Waals surface area contributed by atoms with Crippen LogP contribution in [0.4, 0.5) is 0 Å². The predicted molar refractivity (Wildman–Crippen MR) is 69.3 cm³/mol. The van der Waals surface area contributed by atoms with Gasteiger partial charge >= 0.3 is 5.97 Å². The van der Waals surface area contributed by atoms with Gasteiger partial charge in [0.15, 0.2) is 0 Å². The van der Waals surface area contributed by atoms with Crippen LogP contribution in [0.2, 0.25) is 0 Å². The standard InChI is InChI=1S/C13H24N2O3/c1-3-6-14(10-13(17)18)9-12(16)15-7-4-5-11(2)8-15/h11H,3-10H2,1-2H3,(H,17,18). The van der Waals surface area contributed by atoms with E-state index in [2.05, 4.69) is 6.92 Å². The fraction of sp³-hybridized carbons (Fsp3) is 0.846. The molecule has 104 valence electrons. The van der Waals surface area contributed by atoms with Crippen LogP contribution in [0.1, 0.15) is 33.1 Å². The summed E-state index contributed by atoms with van der Waals surface area (Å²) in [6, 6.07) is 0. The minimum Gasteiger partial charge on any atom is -0.480 e. The van der Waals surface area contributed by atoms with Crippen molar-refractivity contribution in [1.82, 2.24) is 9.80 Å². The molecule has 1 aliphatic rings. The number of aliphatic carboxylic acids is 1. The minimum atomic E-state index is -0.872. The Hall–Kier alpha value is -1.10. The van der Waals surface area contributed by atoms with Crippen molar-refractivity contribution in [3.63, 3.8) is 0 Å². The van der Waals surface area contributed by atoms with E-state index in [4.69, 9.17) is 5.11 Å². The molecule has 5 heteroatoms. The van der Waals surface area contributed by atoms with E-state index in [0.29, 0.717) is 12.5 Å². The van der Waals surface area contributed by atoms with Crippen molar-refractivity contribution in [2.24, 2.45) is 5.92 Å². The zero-order valence-electron chi connectivity index (χ0n) is 11.4. The van der Waals surface area contributed by atoms with E-state index in [9.17, 15) is 9.59 Å². The number of hydrogen-bond donors (Lipinski definition) is 1. The van der Waals surface area contributed by atoms with Crippen molar-refractivity contribution in [1.29, 1.82) is 0 Å². The summed E-state index contributed by atoms with van der Waals surface area (Å²) in [6.45, 7) is 6.60. The zero-order valence-corrected chi connectivity index (χ0v) is 11.4. The van der Waals surface area contributed by atoms with Crippen LogP contribution in [-0.2, 0) is 9.59 Å². The van der Waals surface area contributed by atoms with Crippen molar-refractivity contribution in [2.45, 2.75) is 33.1 Å². The number of amides is 1. The maximum Gasteiger partial charge on any atom is 0.317 e. The first kappa shape index (κ1) is 15.0.